The van der Waals surface area contributed by atoms with Crippen molar-refractivity contribution < 1.29 is 9.90 Å². The fourth-order valence-corrected chi connectivity index (χ4v) is 3.67. The van der Waals surface area contributed by atoms with Crippen LogP contribution in [0.15, 0.2) is 24.3 Å². The second-order valence-corrected chi connectivity index (χ2v) is 5.72. The van der Waals surface area contributed by atoms with E-state index in [4.69, 9.17) is 11.6 Å². The lowest BCUT2D eigenvalue weighted by atomic mass is 9.89. The molecule has 3 rings (SSSR count). The molecule has 0 aliphatic carbocycles. The fourth-order valence-electron chi connectivity index (χ4n) is 3.46. The predicted molar refractivity (Wildman–Crippen MR) is 69.5 cm³/mol. The Balaban J connectivity index is 1.76. The number of hydrogen-bond donors (Lipinski definition) is 1. The molecule has 2 saturated heterocycles. The lowest BCUT2D eigenvalue weighted by molar-refractivity contribution is -0.142. The molecule has 18 heavy (non-hydrogen) atoms. The van der Waals surface area contributed by atoms with Gasteiger partial charge in [0.1, 0.15) is 0 Å². The van der Waals surface area contributed by atoms with Crippen LogP contribution in [0.2, 0.25) is 5.02 Å². The number of carbonyl (C=O) groups is 1. The number of rotatable bonds is 3. The lowest BCUT2D eigenvalue weighted by Crippen LogP contribution is -2.32. The van der Waals surface area contributed by atoms with Crippen LogP contribution in [-0.4, -0.2) is 28.1 Å². The summed E-state index contributed by atoms with van der Waals surface area (Å²) in [6, 6.07) is 8.49. The third-order valence-corrected chi connectivity index (χ3v) is 4.49. The fraction of sp³-hybridized carbons (Fsp3) is 0.500. The molecule has 2 aliphatic rings. The van der Waals surface area contributed by atoms with Crippen molar-refractivity contribution >= 4 is 17.6 Å². The van der Waals surface area contributed by atoms with E-state index in [9.17, 15) is 9.90 Å². The smallest absolute Gasteiger partial charge is 0.308 e. The average molecular weight is 266 g/mol. The van der Waals surface area contributed by atoms with Gasteiger partial charge in [0.25, 0.3) is 0 Å². The standard InChI is InChI=1S/C14H16ClNO2/c15-10-3-1-2-9(6-10)8-16-11-4-5-13(16)12(7-11)14(17)18/h1-3,6,11-13H,4-5,7-8H2,(H,17,18). The molecule has 0 spiro atoms. The van der Waals surface area contributed by atoms with Gasteiger partial charge in [0, 0.05) is 23.7 Å². The third-order valence-electron chi connectivity index (χ3n) is 4.25. The van der Waals surface area contributed by atoms with E-state index < -0.39 is 5.97 Å². The van der Waals surface area contributed by atoms with E-state index in [1.54, 1.807) is 0 Å². The molecule has 0 saturated carbocycles. The number of hydrogen-bond acceptors (Lipinski definition) is 2. The highest BCUT2D eigenvalue weighted by Crippen LogP contribution is 2.42. The maximum atomic E-state index is 11.2. The first kappa shape index (κ1) is 12.0. The first-order valence-electron chi connectivity index (χ1n) is 6.38. The van der Waals surface area contributed by atoms with E-state index in [-0.39, 0.29) is 12.0 Å². The van der Waals surface area contributed by atoms with Gasteiger partial charge in [-0.25, -0.2) is 0 Å². The van der Waals surface area contributed by atoms with E-state index in [0.29, 0.717) is 6.04 Å². The Hall–Kier alpha value is -1.06. The zero-order valence-electron chi connectivity index (χ0n) is 10.1. The van der Waals surface area contributed by atoms with Gasteiger partial charge in [-0.2, -0.15) is 0 Å². The number of carboxylic acid groups (broad SMARTS) is 1. The molecule has 2 aliphatic heterocycles. The van der Waals surface area contributed by atoms with Gasteiger partial charge in [-0.3, -0.25) is 9.69 Å². The van der Waals surface area contributed by atoms with Gasteiger partial charge in [-0.1, -0.05) is 23.7 Å². The first-order chi connectivity index (χ1) is 8.65. The molecule has 0 amide bonds. The summed E-state index contributed by atoms with van der Waals surface area (Å²) in [6.45, 7) is 0.819. The Morgan fingerprint density at radius 3 is 2.94 bits per heavy atom. The predicted octanol–water partition coefficient (Wildman–Crippen LogP) is 2.78. The van der Waals surface area contributed by atoms with Crippen molar-refractivity contribution in [3.63, 3.8) is 0 Å². The van der Waals surface area contributed by atoms with E-state index in [0.717, 1.165) is 30.8 Å². The molecule has 3 atom stereocenters. The molecule has 3 unspecified atom stereocenters. The van der Waals surface area contributed by atoms with Crippen LogP contribution in [0.1, 0.15) is 24.8 Å². The zero-order chi connectivity index (χ0) is 12.7. The van der Waals surface area contributed by atoms with Crippen LogP contribution in [0, 0.1) is 5.92 Å². The Bertz CT molecular complexity index is 477. The molecule has 1 aromatic rings. The van der Waals surface area contributed by atoms with Crippen molar-refractivity contribution in [2.75, 3.05) is 0 Å². The van der Waals surface area contributed by atoms with Crippen molar-refractivity contribution in [2.45, 2.75) is 37.9 Å². The summed E-state index contributed by atoms with van der Waals surface area (Å²) in [4.78, 5) is 13.5. The van der Waals surface area contributed by atoms with Crippen LogP contribution in [-0.2, 0) is 11.3 Å². The minimum absolute atomic E-state index is 0.178. The summed E-state index contributed by atoms with van der Waals surface area (Å²) < 4.78 is 0. The number of carboxylic acids is 1. The minimum atomic E-state index is -0.640. The van der Waals surface area contributed by atoms with Gasteiger partial charge >= 0.3 is 5.97 Å². The summed E-state index contributed by atoms with van der Waals surface area (Å²) in [5.41, 5.74) is 1.17. The molecular formula is C14H16ClNO2. The maximum absolute atomic E-state index is 11.2. The quantitative estimate of drug-likeness (QED) is 0.914. The number of halogens is 1. The molecule has 96 valence electrons. The highest BCUT2D eigenvalue weighted by molar-refractivity contribution is 6.30. The molecule has 2 bridgehead atoms. The number of fused-ring (bicyclic) bond motifs is 2. The molecule has 2 heterocycles. The van der Waals surface area contributed by atoms with E-state index in [1.165, 1.54) is 5.56 Å². The molecule has 2 fully saturated rings. The van der Waals surface area contributed by atoms with Crippen molar-refractivity contribution in [3.05, 3.63) is 34.9 Å². The van der Waals surface area contributed by atoms with Crippen LogP contribution >= 0.6 is 11.6 Å². The van der Waals surface area contributed by atoms with E-state index in [1.807, 2.05) is 18.2 Å². The van der Waals surface area contributed by atoms with Gasteiger partial charge < -0.3 is 5.11 Å². The van der Waals surface area contributed by atoms with Gasteiger partial charge in [-0.05, 0) is 37.0 Å². The monoisotopic (exact) mass is 265 g/mol. The zero-order valence-corrected chi connectivity index (χ0v) is 10.8. The minimum Gasteiger partial charge on any atom is -0.481 e. The normalized spacial score (nSPS) is 30.8. The highest BCUT2D eigenvalue weighted by Gasteiger charge is 2.48. The van der Waals surface area contributed by atoms with Crippen molar-refractivity contribution in [1.29, 1.82) is 0 Å². The van der Waals surface area contributed by atoms with Crippen LogP contribution in [0.5, 0.6) is 0 Å². The van der Waals surface area contributed by atoms with Gasteiger partial charge in [0.05, 0.1) is 5.92 Å². The van der Waals surface area contributed by atoms with Crippen molar-refractivity contribution in [1.82, 2.24) is 4.90 Å². The Kier molecular flexibility index (Phi) is 3.04. The topological polar surface area (TPSA) is 40.5 Å². The highest BCUT2D eigenvalue weighted by atomic mass is 35.5. The van der Waals surface area contributed by atoms with Crippen LogP contribution < -0.4 is 0 Å². The molecule has 3 nitrogen and oxygen atoms in total. The van der Waals surface area contributed by atoms with Crippen molar-refractivity contribution in [2.24, 2.45) is 5.92 Å². The number of aliphatic carboxylic acids is 1. The Morgan fingerprint density at radius 2 is 2.28 bits per heavy atom. The third kappa shape index (κ3) is 2.02. The van der Waals surface area contributed by atoms with Gasteiger partial charge in [0.15, 0.2) is 0 Å². The number of benzene rings is 1. The van der Waals surface area contributed by atoms with E-state index >= 15 is 0 Å². The molecule has 4 heteroatoms. The van der Waals surface area contributed by atoms with Gasteiger partial charge in [0.2, 0.25) is 0 Å². The summed E-state index contributed by atoms with van der Waals surface area (Å²) in [5, 5.41) is 9.96. The lowest BCUT2D eigenvalue weighted by Gasteiger charge is -2.22. The molecule has 1 aromatic carbocycles. The first-order valence-corrected chi connectivity index (χ1v) is 6.76. The Morgan fingerprint density at radius 1 is 1.44 bits per heavy atom. The molecular weight excluding hydrogens is 250 g/mol. The Labute approximate surface area is 111 Å². The second-order valence-electron chi connectivity index (χ2n) is 5.28. The summed E-state index contributed by atoms with van der Waals surface area (Å²) in [7, 11) is 0. The molecule has 0 aromatic heterocycles. The summed E-state index contributed by atoms with van der Waals surface area (Å²) >= 11 is 5.99. The van der Waals surface area contributed by atoms with Crippen LogP contribution in [0.25, 0.3) is 0 Å². The van der Waals surface area contributed by atoms with Gasteiger partial charge in [-0.15, -0.1) is 0 Å². The largest absolute Gasteiger partial charge is 0.481 e. The second kappa shape index (κ2) is 4.56. The number of nitrogens with zero attached hydrogens (tertiary/aromatic N) is 1. The SMILES string of the molecule is O=C(O)C1CC2CCC1N2Cc1cccc(Cl)c1. The maximum Gasteiger partial charge on any atom is 0.308 e. The van der Waals surface area contributed by atoms with E-state index in [2.05, 4.69) is 11.0 Å². The van der Waals surface area contributed by atoms with Crippen LogP contribution in [0.3, 0.4) is 0 Å². The molecule has 1 N–H and O–H groups in total. The summed E-state index contributed by atoms with van der Waals surface area (Å²) in [5.74, 6) is -0.818. The molecule has 0 radical (unpaired) electrons. The average Bonchev–Trinajstić information content (AvgIpc) is 2.86. The van der Waals surface area contributed by atoms with Crippen molar-refractivity contribution in [3.8, 4) is 0 Å². The summed E-state index contributed by atoms with van der Waals surface area (Å²) in [6.07, 6.45) is 2.96. The van der Waals surface area contributed by atoms with Crippen LogP contribution in [0.4, 0.5) is 0 Å².